The van der Waals surface area contributed by atoms with E-state index in [4.69, 9.17) is 0 Å². The first-order valence-electron chi connectivity index (χ1n) is 5.88. The van der Waals surface area contributed by atoms with Crippen molar-refractivity contribution in [2.45, 2.75) is 25.9 Å². The fraction of sp³-hybridized carbons (Fsp3) is 0.267. The van der Waals surface area contributed by atoms with Gasteiger partial charge in [-0.15, -0.1) is 0 Å². The number of hydrogen-bond acceptors (Lipinski definition) is 2. The van der Waals surface area contributed by atoms with Gasteiger partial charge in [0.1, 0.15) is 6.10 Å². The molecule has 1 heterocycles. The van der Waals surface area contributed by atoms with Gasteiger partial charge in [-0.1, -0.05) is 50.2 Å². The lowest BCUT2D eigenvalue weighted by atomic mass is 10.0. The minimum absolute atomic E-state index is 0.373. The van der Waals surface area contributed by atoms with Crippen molar-refractivity contribution in [1.82, 2.24) is 4.98 Å². The molecule has 0 bridgehead atoms. The molecule has 17 heavy (non-hydrogen) atoms. The third kappa shape index (κ3) is 2.71. The third-order valence-electron chi connectivity index (χ3n) is 2.78. The zero-order chi connectivity index (χ0) is 12.3. The van der Waals surface area contributed by atoms with E-state index in [2.05, 4.69) is 18.8 Å². The summed E-state index contributed by atoms with van der Waals surface area (Å²) in [7, 11) is 0. The molecule has 2 heteroatoms. The third-order valence-corrected chi connectivity index (χ3v) is 2.78. The summed E-state index contributed by atoms with van der Waals surface area (Å²) in [4.78, 5) is 4.50. The fourth-order valence-electron chi connectivity index (χ4n) is 1.75. The van der Waals surface area contributed by atoms with Crippen LogP contribution in [0.5, 0.6) is 0 Å². The number of nitrogens with zero attached hydrogens (tertiary/aromatic N) is 1. The Labute approximate surface area is 102 Å². The summed E-state index contributed by atoms with van der Waals surface area (Å²) in [5.41, 5.74) is 2.60. The SMILES string of the molecule is CC(C)c1cccc(C(O)c2ccccc2)n1. The second-order valence-electron chi connectivity index (χ2n) is 4.46. The first-order chi connectivity index (χ1) is 8.18. The Morgan fingerprint density at radius 2 is 1.53 bits per heavy atom. The van der Waals surface area contributed by atoms with Crippen LogP contribution in [-0.2, 0) is 0 Å². The van der Waals surface area contributed by atoms with Crippen LogP contribution in [0, 0.1) is 0 Å². The fourth-order valence-corrected chi connectivity index (χ4v) is 1.75. The molecule has 1 unspecified atom stereocenters. The molecule has 0 saturated heterocycles. The molecule has 0 amide bonds. The summed E-state index contributed by atoms with van der Waals surface area (Å²) in [6.45, 7) is 4.20. The van der Waals surface area contributed by atoms with Gasteiger partial charge in [0.2, 0.25) is 0 Å². The lowest BCUT2D eigenvalue weighted by Crippen LogP contribution is -2.04. The highest BCUT2D eigenvalue weighted by molar-refractivity contribution is 5.26. The Morgan fingerprint density at radius 1 is 0.882 bits per heavy atom. The van der Waals surface area contributed by atoms with Gasteiger partial charge in [0.15, 0.2) is 0 Å². The monoisotopic (exact) mass is 227 g/mol. The van der Waals surface area contributed by atoms with Gasteiger partial charge in [-0.3, -0.25) is 4.98 Å². The number of rotatable bonds is 3. The summed E-state index contributed by atoms with van der Waals surface area (Å²) in [6.07, 6.45) is -0.644. The van der Waals surface area contributed by atoms with Crippen LogP contribution in [0.4, 0.5) is 0 Å². The summed E-state index contributed by atoms with van der Waals surface area (Å²) in [5.74, 6) is 0.373. The predicted octanol–water partition coefficient (Wildman–Crippen LogP) is 3.29. The molecule has 1 atom stereocenters. The molecule has 1 aromatic carbocycles. The van der Waals surface area contributed by atoms with Gasteiger partial charge in [-0.2, -0.15) is 0 Å². The molecule has 88 valence electrons. The standard InChI is InChI=1S/C15H17NO/c1-11(2)13-9-6-10-14(16-13)15(17)12-7-4-3-5-8-12/h3-11,15,17H,1-2H3. The molecule has 0 aliphatic heterocycles. The molecule has 0 radical (unpaired) electrons. The molecule has 2 aromatic rings. The molecule has 0 saturated carbocycles. The van der Waals surface area contributed by atoms with Crippen molar-refractivity contribution in [2.24, 2.45) is 0 Å². The van der Waals surface area contributed by atoms with Gasteiger partial charge < -0.3 is 5.11 Å². The van der Waals surface area contributed by atoms with Gasteiger partial charge in [-0.25, -0.2) is 0 Å². The van der Waals surface area contributed by atoms with E-state index < -0.39 is 6.10 Å². The number of hydrogen-bond donors (Lipinski definition) is 1. The number of aliphatic hydroxyl groups excluding tert-OH is 1. The normalized spacial score (nSPS) is 12.7. The zero-order valence-corrected chi connectivity index (χ0v) is 10.2. The Bertz CT molecular complexity index is 479. The van der Waals surface area contributed by atoms with Crippen molar-refractivity contribution in [3.63, 3.8) is 0 Å². The lowest BCUT2D eigenvalue weighted by molar-refractivity contribution is 0.215. The summed E-state index contributed by atoms with van der Waals surface area (Å²) in [5, 5.41) is 10.2. The van der Waals surface area contributed by atoms with Gasteiger partial charge >= 0.3 is 0 Å². The molecule has 1 N–H and O–H groups in total. The average Bonchev–Trinajstić information content (AvgIpc) is 2.39. The molecule has 0 fully saturated rings. The van der Waals surface area contributed by atoms with Crippen LogP contribution in [-0.4, -0.2) is 10.1 Å². The highest BCUT2D eigenvalue weighted by atomic mass is 16.3. The largest absolute Gasteiger partial charge is 0.382 e. The van der Waals surface area contributed by atoms with Crippen molar-refractivity contribution in [1.29, 1.82) is 0 Å². The van der Waals surface area contributed by atoms with Gasteiger partial charge in [0.25, 0.3) is 0 Å². The van der Waals surface area contributed by atoms with Crippen LogP contribution in [0.15, 0.2) is 48.5 Å². The predicted molar refractivity (Wildman–Crippen MR) is 68.8 cm³/mol. The Balaban J connectivity index is 2.31. The summed E-state index contributed by atoms with van der Waals surface area (Å²) in [6, 6.07) is 15.4. The number of benzene rings is 1. The minimum atomic E-state index is -0.644. The van der Waals surface area contributed by atoms with Crippen LogP contribution >= 0.6 is 0 Å². The molecular formula is C15H17NO. The molecule has 0 aliphatic carbocycles. The maximum atomic E-state index is 10.2. The van der Waals surface area contributed by atoms with Crippen LogP contribution < -0.4 is 0 Å². The number of aromatic nitrogens is 1. The zero-order valence-electron chi connectivity index (χ0n) is 10.2. The molecular weight excluding hydrogens is 210 g/mol. The van der Waals surface area contributed by atoms with Crippen LogP contribution in [0.2, 0.25) is 0 Å². The smallest absolute Gasteiger partial charge is 0.121 e. The van der Waals surface area contributed by atoms with Crippen molar-refractivity contribution in [3.8, 4) is 0 Å². The van der Waals surface area contributed by atoms with Crippen molar-refractivity contribution < 1.29 is 5.11 Å². The van der Waals surface area contributed by atoms with E-state index in [0.717, 1.165) is 11.3 Å². The number of pyridine rings is 1. The highest BCUT2D eigenvalue weighted by Crippen LogP contribution is 2.21. The maximum absolute atomic E-state index is 10.2. The van der Waals surface area contributed by atoms with E-state index in [9.17, 15) is 5.11 Å². The van der Waals surface area contributed by atoms with Crippen molar-refractivity contribution >= 4 is 0 Å². The Hall–Kier alpha value is -1.67. The second kappa shape index (κ2) is 5.11. The summed E-state index contributed by atoms with van der Waals surface area (Å²) < 4.78 is 0. The first-order valence-corrected chi connectivity index (χ1v) is 5.88. The Morgan fingerprint density at radius 3 is 2.18 bits per heavy atom. The van der Waals surface area contributed by atoms with Crippen LogP contribution in [0.25, 0.3) is 0 Å². The molecule has 1 aromatic heterocycles. The topological polar surface area (TPSA) is 33.1 Å². The van der Waals surface area contributed by atoms with E-state index in [-0.39, 0.29) is 0 Å². The second-order valence-corrected chi connectivity index (χ2v) is 4.46. The maximum Gasteiger partial charge on any atom is 0.121 e. The molecule has 0 aliphatic rings. The van der Waals surface area contributed by atoms with Crippen LogP contribution in [0.3, 0.4) is 0 Å². The van der Waals surface area contributed by atoms with E-state index in [1.54, 1.807) is 0 Å². The van der Waals surface area contributed by atoms with Gasteiger partial charge in [0, 0.05) is 5.69 Å². The number of aliphatic hydroxyl groups is 1. The molecule has 0 spiro atoms. The molecule has 2 nitrogen and oxygen atoms in total. The van der Waals surface area contributed by atoms with E-state index in [1.165, 1.54) is 0 Å². The minimum Gasteiger partial charge on any atom is -0.382 e. The first kappa shape index (κ1) is 11.8. The quantitative estimate of drug-likeness (QED) is 0.872. The van der Waals surface area contributed by atoms with Crippen molar-refractivity contribution in [2.75, 3.05) is 0 Å². The van der Waals surface area contributed by atoms with E-state index in [0.29, 0.717) is 11.6 Å². The van der Waals surface area contributed by atoms with Crippen LogP contribution in [0.1, 0.15) is 42.8 Å². The average molecular weight is 227 g/mol. The van der Waals surface area contributed by atoms with Gasteiger partial charge in [0.05, 0.1) is 5.69 Å². The van der Waals surface area contributed by atoms with Gasteiger partial charge in [-0.05, 0) is 23.6 Å². The van der Waals surface area contributed by atoms with E-state index in [1.807, 2.05) is 48.5 Å². The lowest BCUT2D eigenvalue weighted by Gasteiger charge is -2.12. The summed E-state index contributed by atoms with van der Waals surface area (Å²) >= 11 is 0. The van der Waals surface area contributed by atoms with E-state index >= 15 is 0 Å². The van der Waals surface area contributed by atoms with Crippen molar-refractivity contribution in [3.05, 3.63) is 65.5 Å². The Kier molecular flexibility index (Phi) is 3.55. The molecule has 2 rings (SSSR count). The highest BCUT2D eigenvalue weighted by Gasteiger charge is 2.12.